The lowest BCUT2D eigenvalue weighted by molar-refractivity contribution is -0.124. The van der Waals surface area contributed by atoms with Gasteiger partial charge in [0.25, 0.3) is 0 Å². The van der Waals surface area contributed by atoms with Gasteiger partial charge in [-0.2, -0.15) is 0 Å². The Morgan fingerprint density at radius 1 is 1.48 bits per heavy atom. The van der Waals surface area contributed by atoms with Crippen LogP contribution in [0.4, 0.5) is 4.79 Å². The minimum Gasteiger partial charge on any atom is -0.497 e. The number of carbonyl (C=O) groups is 2. The molecule has 0 bridgehead atoms. The summed E-state index contributed by atoms with van der Waals surface area (Å²) in [6.45, 7) is 1.10. The van der Waals surface area contributed by atoms with Crippen LogP contribution in [0.1, 0.15) is 5.56 Å². The van der Waals surface area contributed by atoms with Crippen molar-refractivity contribution >= 4 is 12.0 Å². The first-order valence-electron chi connectivity index (χ1n) is 6.70. The Labute approximate surface area is 123 Å². The molecule has 21 heavy (non-hydrogen) atoms. The van der Waals surface area contributed by atoms with Crippen molar-refractivity contribution in [1.29, 1.82) is 0 Å². The molecule has 1 atom stereocenters. The number of hydrogen-bond donors (Lipinski definition) is 2. The van der Waals surface area contributed by atoms with E-state index >= 15 is 0 Å². The highest BCUT2D eigenvalue weighted by Gasteiger charge is 2.37. The zero-order valence-corrected chi connectivity index (χ0v) is 11.9. The van der Waals surface area contributed by atoms with E-state index in [0.29, 0.717) is 19.6 Å². The molecule has 1 heterocycles. The molecule has 1 aromatic rings. The number of amides is 2. The molecule has 2 rings (SSSR count). The molecule has 114 valence electrons. The molecular formula is C14H19N3O4. The Morgan fingerprint density at radius 2 is 2.19 bits per heavy atom. The molecule has 1 aliphatic rings. The lowest BCUT2D eigenvalue weighted by atomic mass is 10.1. The molecule has 3 N–H and O–H groups in total. The van der Waals surface area contributed by atoms with E-state index in [1.807, 2.05) is 12.1 Å². The standard InChI is InChI=1S/C14H19N3O4/c1-20-11-4-2-10(3-5-11)8-17-12(9-21-14(17)19)13(18)16-7-6-15/h2-5,12H,6-9,15H2,1H3,(H,16,18)/t12-/m0/s1. The van der Waals surface area contributed by atoms with Gasteiger partial charge in [0.05, 0.1) is 13.7 Å². The van der Waals surface area contributed by atoms with Crippen LogP contribution in [0.15, 0.2) is 24.3 Å². The summed E-state index contributed by atoms with van der Waals surface area (Å²) in [4.78, 5) is 25.2. The van der Waals surface area contributed by atoms with E-state index in [0.717, 1.165) is 11.3 Å². The Morgan fingerprint density at radius 3 is 2.81 bits per heavy atom. The molecule has 1 fully saturated rings. The van der Waals surface area contributed by atoms with Gasteiger partial charge in [0, 0.05) is 13.1 Å². The molecule has 1 saturated heterocycles. The number of nitrogens with two attached hydrogens (primary N) is 1. The number of benzene rings is 1. The van der Waals surface area contributed by atoms with Crippen molar-refractivity contribution in [2.45, 2.75) is 12.6 Å². The van der Waals surface area contributed by atoms with Crippen LogP contribution in [0, 0.1) is 0 Å². The smallest absolute Gasteiger partial charge is 0.410 e. The van der Waals surface area contributed by atoms with Crippen LogP contribution in [-0.4, -0.2) is 49.7 Å². The molecule has 0 unspecified atom stereocenters. The zero-order chi connectivity index (χ0) is 15.2. The fraction of sp³-hybridized carbons (Fsp3) is 0.429. The van der Waals surface area contributed by atoms with Gasteiger partial charge in [-0.05, 0) is 17.7 Å². The van der Waals surface area contributed by atoms with E-state index in [2.05, 4.69) is 5.32 Å². The van der Waals surface area contributed by atoms with Gasteiger partial charge in [0.1, 0.15) is 18.4 Å². The van der Waals surface area contributed by atoms with Gasteiger partial charge < -0.3 is 20.5 Å². The van der Waals surface area contributed by atoms with Crippen LogP contribution < -0.4 is 15.8 Å². The second-order valence-corrected chi connectivity index (χ2v) is 4.65. The van der Waals surface area contributed by atoms with Crippen LogP contribution >= 0.6 is 0 Å². The third-order valence-electron chi connectivity index (χ3n) is 3.23. The predicted octanol–water partition coefficient (Wildman–Crippen LogP) is 0.0909. The number of cyclic esters (lactones) is 1. The largest absolute Gasteiger partial charge is 0.497 e. The minimum atomic E-state index is -0.619. The molecule has 1 aliphatic heterocycles. The summed E-state index contributed by atoms with van der Waals surface area (Å²) in [5, 5.41) is 2.67. The summed E-state index contributed by atoms with van der Waals surface area (Å²) in [6, 6.07) is 6.69. The van der Waals surface area contributed by atoms with Gasteiger partial charge in [0.15, 0.2) is 0 Å². The van der Waals surface area contributed by atoms with Gasteiger partial charge in [-0.25, -0.2) is 4.79 Å². The van der Waals surface area contributed by atoms with Crippen LogP contribution in [0.3, 0.4) is 0 Å². The maximum atomic E-state index is 12.0. The van der Waals surface area contributed by atoms with E-state index < -0.39 is 12.1 Å². The zero-order valence-electron chi connectivity index (χ0n) is 11.9. The molecule has 7 nitrogen and oxygen atoms in total. The highest BCUT2D eigenvalue weighted by molar-refractivity contribution is 5.87. The highest BCUT2D eigenvalue weighted by atomic mass is 16.6. The fourth-order valence-electron chi connectivity index (χ4n) is 2.08. The van der Waals surface area contributed by atoms with Crippen molar-refractivity contribution in [3.63, 3.8) is 0 Å². The molecule has 0 saturated carbocycles. The second kappa shape index (κ2) is 6.94. The lowest BCUT2D eigenvalue weighted by Gasteiger charge is -2.20. The van der Waals surface area contributed by atoms with Crippen molar-refractivity contribution < 1.29 is 19.1 Å². The summed E-state index contributed by atoms with van der Waals surface area (Å²) in [5.74, 6) is 0.486. The monoisotopic (exact) mass is 293 g/mol. The summed E-state index contributed by atoms with van der Waals surface area (Å²) in [7, 11) is 1.59. The minimum absolute atomic E-state index is 0.0609. The van der Waals surface area contributed by atoms with Gasteiger partial charge in [-0.15, -0.1) is 0 Å². The molecular weight excluding hydrogens is 274 g/mol. The number of rotatable bonds is 6. The van der Waals surface area contributed by atoms with Crippen molar-refractivity contribution in [2.24, 2.45) is 5.73 Å². The quantitative estimate of drug-likeness (QED) is 0.775. The number of hydrogen-bond acceptors (Lipinski definition) is 5. The highest BCUT2D eigenvalue weighted by Crippen LogP contribution is 2.18. The van der Waals surface area contributed by atoms with E-state index in [1.54, 1.807) is 19.2 Å². The van der Waals surface area contributed by atoms with Crippen molar-refractivity contribution in [2.75, 3.05) is 26.8 Å². The van der Waals surface area contributed by atoms with Gasteiger partial charge >= 0.3 is 6.09 Å². The van der Waals surface area contributed by atoms with E-state index in [4.69, 9.17) is 15.2 Å². The third-order valence-corrected chi connectivity index (χ3v) is 3.23. The Balaban J connectivity index is 2.04. The molecule has 2 amide bonds. The van der Waals surface area contributed by atoms with Crippen LogP contribution in [0.25, 0.3) is 0 Å². The molecule has 0 spiro atoms. The molecule has 0 radical (unpaired) electrons. The Kier molecular flexibility index (Phi) is 4.99. The van der Waals surface area contributed by atoms with Gasteiger partial charge in [0.2, 0.25) is 5.91 Å². The maximum absolute atomic E-state index is 12.0. The van der Waals surface area contributed by atoms with E-state index in [1.165, 1.54) is 4.90 Å². The molecule has 1 aromatic carbocycles. The predicted molar refractivity (Wildman–Crippen MR) is 75.7 cm³/mol. The van der Waals surface area contributed by atoms with E-state index in [-0.39, 0.29) is 12.5 Å². The Bertz CT molecular complexity index is 503. The second-order valence-electron chi connectivity index (χ2n) is 4.65. The number of nitrogens with zero attached hydrogens (tertiary/aromatic N) is 1. The molecule has 0 aromatic heterocycles. The summed E-state index contributed by atoms with van der Waals surface area (Å²) < 4.78 is 10.0. The van der Waals surface area contributed by atoms with Crippen LogP contribution in [0.2, 0.25) is 0 Å². The van der Waals surface area contributed by atoms with Crippen molar-refractivity contribution in [3.05, 3.63) is 29.8 Å². The van der Waals surface area contributed by atoms with E-state index in [9.17, 15) is 9.59 Å². The molecule has 7 heteroatoms. The van der Waals surface area contributed by atoms with Crippen molar-refractivity contribution in [1.82, 2.24) is 10.2 Å². The van der Waals surface area contributed by atoms with Crippen LogP contribution in [-0.2, 0) is 16.1 Å². The number of nitrogens with one attached hydrogen (secondary N) is 1. The van der Waals surface area contributed by atoms with Crippen LogP contribution in [0.5, 0.6) is 5.75 Å². The summed E-state index contributed by atoms with van der Waals surface area (Å²) in [5.41, 5.74) is 6.24. The van der Waals surface area contributed by atoms with Gasteiger partial charge in [-0.1, -0.05) is 12.1 Å². The first kappa shape index (κ1) is 15.1. The summed E-state index contributed by atoms with van der Waals surface area (Å²) >= 11 is 0. The number of methoxy groups -OCH3 is 1. The fourth-order valence-corrected chi connectivity index (χ4v) is 2.08. The average Bonchev–Trinajstić information content (AvgIpc) is 2.87. The summed E-state index contributed by atoms with van der Waals surface area (Å²) in [6.07, 6.45) is -0.487. The normalized spacial score (nSPS) is 17.5. The topological polar surface area (TPSA) is 93.9 Å². The SMILES string of the molecule is COc1ccc(CN2C(=O)OC[C@H]2C(=O)NCCN)cc1. The first-order chi connectivity index (χ1) is 10.2. The number of carbonyl (C=O) groups excluding carboxylic acids is 2. The van der Waals surface area contributed by atoms with Gasteiger partial charge in [-0.3, -0.25) is 9.69 Å². The Hall–Kier alpha value is -2.28. The third kappa shape index (κ3) is 3.63. The maximum Gasteiger partial charge on any atom is 0.410 e. The first-order valence-corrected chi connectivity index (χ1v) is 6.70. The number of ether oxygens (including phenoxy) is 2. The lowest BCUT2D eigenvalue weighted by Crippen LogP contribution is -2.46. The van der Waals surface area contributed by atoms with Crippen molar-refractivity contribution in [3.8, 4) is 5.75 Å². The average molecular weight is 293 g/mol. The molecule has 0 aliphatic carbocycles.